The van der Waals surface area contributed by atoms with E-state index in [1.54, 1.807) is 34.9 Å². The molecule has 0 spiro atoms. The van der Waals surface area contributed by atoms with Gasteiger partial charge in [-0.15, -0.1) is 10.2 Å². The topological polar surface area (TPSA) is 79.3 Å². The zero-order valence-corrected chi connectivity index (χ0v) is 13.0. The van der Waals surface area contributed by atoms with E-state index in [-0.39, 0.29) is 6.42 Å². The molecule has 2 aromatic heterocycles. The zero-order valence-electron chi connectivity index (χ0n) is 12.3. The van der Waals surface area contributed by atoms with E-state index in [0.717, 1.165) is 5.56 Å². The van der Waals surface area contributed by atoms with E-state index in [1.807, 2.05) is 19.1 Å². The second-order valence-electron chi connectivity index (χ2n) is 5.06. The molecule has 0 bridgehead atoms. The Morgan fingerprint density at radius 3 is 2.87 bits per heavy atom. The van der Waals surface area contributed by atoms with Crippen molar-refractivity contribution in [3.8, 4) is 0 Å². The molecule has 6 nitrogen and oxygen atoms in total. The number of benzene rings is 1. The maximum atomic E-state index is 11.0. The average molecular weight is 329 g/mol. The Bertz CT molecular complexity index is 918. The summed E-state index contributed by atoms with van der Waals surface area (Å²) in [4.78, 5) is 15.4. The molecule has 0 unspecified atom stereocenters. The number of aromatic nitrogens is 2. The average Bonchev–Trinajstić information content (AvgIpc) is 2.80. The van der Waals surface area contributed by atoms with E-state index in [2.05, 4.69) is 15.2 Å². The van der Waals surface area contributed by atoms with Gasteiger partial charge in [-0.3, -0.25) is 9.20 Å². The summed E-state index contributed by atoms with van der Waals surface area (Å²) >= 11 is 5.92. The molecule has 1 N–H and O–H groups in total. The number of rotatable bonds is 4. The van der Waals surface area contributed by atoms with Gasteiger partial charge < -0.3 is 5.11 Å². The predicted molar refractivity (Wildman–Crippen MR) is 86.9 cm³/mol. The Hall–Kier alpha value is -2.73. The first-order chi connectivity index (χ1) is 11.0. The first kappa shape index (κ1) is 15.2. The van der Waals surface area contributed by atoms with Crippen molar-refractivity contribution in [2.24, 2.45) is 10.2 Å². The van der Waals surface area contributed by atoms with Crippen molar-refractivity contribution >= 4 is 34.7 Å². The van der Waals surface area contributed by atoms with E-state index >= 15 is 0 Å². The number of carboxylic acids is 1. The highest BCUT2D eigenvalue weighted by molar-refractivity contribution is 6.30. The molecule has 0 amide bonds. The van der Waals surface area contributed by atoms with Crippen molar-refractivity contribution in [1.29, 1.82) is 0 Å². The molecule has 0 fully saturated rings. The van der Waals surface area contributed by atoms with Crippen LogP contribution in [0.3, 0.4) is 0 Å². The molecular formula is C16H13ClN4O2. The van der Waals surface area contributed by atoms with Crippen molar-refractivity contribution in [2.45, 2.75) is 13.3 Å². The Balaban J connectivity index is 2.08. The van der Waals surface area contributed by atoms with Crippen LogP contribution in [-0.2, 0) is 11.2 Å². The smallest absolute Gasteiger partial charge is 0.309 e. The molecule has 0 aliphatic heterocycles. The van der Waals surface area contributed by atoms with Gasteiger partial charge in [0.2, 0.25) is 0 Å². The molecule has 23 heavy (non-hydrogen) atoms. The third kappa shape index (κ3) is 3.37. The minimum Gasteiger partial charge on any atom is -0.481 e. The Morgan fingerprint density at radius 1 is 1.30 bits per heavy atom. The third-order valence-corrected chi connectivity index (χ3v) is 3.45. The van der Waals surface area contributed by atoms with Crippen LogP contribution in [0.2, 0.25) is 5.02 Å². The minimum absolute atomic E-state index is 0.218. The fraction of sp³-hybridized carbons (Fsp3) is 0.125. The molecule has 3 aromatic rings. The fourth-order valence-corrected chi connectivity index (χ4v) is 2.38. The van der Waals surface area contributed by atoms with E-state index in [4.69, 9.17) is 16.7 Å². The summed E-state index contributed by atoms with van der Waals surface area (Å²) in [6.07, 6.45) is 1.58. The number of nitrogens with zero attached hydrogens (tertiary/aromatic N) is 4. The van der Waals surface area contributed by atoms with Crippen LogP contribution in [0.25, 0.3) is 5.65 Å². The van der Waals surface area contributed by atoms with Crippen LogP contribution in [0.5, 0.6) is 0 Å². The number of aryl methyl sites for hydroxylation is 1. The number of hydrogen-bond donors (Lipinski definition) is 1. The summed E-state index contributed by atoms with van der Waals surface area (Å²) in [5, 5.41) is 17.9. The lowest BCUT2D eigenvalue weighted by molar-refractivity contribution is -0.136. The van der Waals surface area contributed by atoms with Gasteiger partial charge in [0, 0.05) is 11.2 Å². The molecule has 116 valence electrons. The van der Waals surface area contributed by atoms with E-state index in [0.29, 0.717) is 27.9 Å². The molecule has 3 rings (SSSR count). The number of carboxylic acid groups (broad SMARTS) is 1. The van der Waals surface area contributed by atoms with Gasteiger partial charge in [0.25, 0.3) is 0 Å². The lowest BCUT2D eigenvalue weighted by Crippen LogP contribution is -2.00. The SMILES string of the molecule is Cc1ccn2c(N=Nc3cccc(Cl)c3)c(CC(=O)O)nc2c1. The Labute approximate surface area is 137 Å². The van der Waals surface area contributed by atoms with Crippen molar-refractivity contribution < 1.29 is 9.90 Å². The first-order valence-electron chi connectivity index (χ1n) is 6.89. The highest BCUT2D eigenvalue weighted by atomic mass is 35.5. The molecule has 0 radical (unpaired) electrons. The van der Waals surface area contributed by atoms with Crippen LogP contribution in [0, 0.1) is 6.92 Å². The maximum absolute atomic E-state index is 11.0. The van der Waals surface area contributed by atoms with Gasteiger partial charge in [0.1, 0.15) is 5.65 Å². The van der Waals surface area contributed by atoms with Crippen molar-refractivity contribution in [2.75, 3.05) is 0 Å². The molecule has 1 aromatic carbocycles. The summed E-state index contributed by atoms with van der Waals surface area (Å²) in [7, 11) is 0. The summed E-state index contributed by atoms with van der Waals surface area (Å²) in [6.45, 7) is 1.94. The van der Waals surface area contributed by atoms with Gasteiger partial charge in [-0.2, -0.15) is 0 Å². The lowest BCUT2D eigenvalue weighted by Gasteiger charge is -1.98. The lowest BCUT2D eigenvalue weighted by atomic mass is 10.3. The zero-order chi connectivity index (χ0) is 16.4. The number of hydrogen-bond acceptors (Lipinski definition) is 4. The van der Waals surface area contributed by atoms with Gasteiger partial charge in [-0.1, -0.05) is 17.7 Å². The van der Waals surface area contributed by atoms with Crippen LogP contribution in [0.15, 0.2) is 52.8 Å². The first-order valence-corrected chi connectivity index (χ1v) is 7.27. The standard InChI is InChI=1S/C16H13ClN4O2/c1-10-5-6-21-14(7-10)18-13(9-15(22)23)16(21)20-19-12-4-2-3-11(17)8-12/h2-8H,9H2,1H3,(H,22,23). The van der Waals surface area contributed by atoms with Crippen LogP contribution in [0.4, 0.5) is 11.5 Å². The van der Waals surface area contributed by atoms with E-state index in [9.17, 15) is 4.79 Å². The number of aliphatic carboxylic acids is 1. The number of halogens is 1. The number of azo groups is 1. The largest absolute Gasteiger partial charge is 0.481 e. The molecule has 0 saturated carbocycles. The quantitative estimate of drug-likeness (QED) is 0.723. The predicted octanol–water partition coefficient (Wildman–Crippen LogP) is 4.34. The van der Waals surface area contributed by atoms with Gasteiger partial charge in [0.15, 0.2) is 5.82 Å². The van der Waals surface area contributed by atoms with Crippen molar-refractivity contribution in [3.05, 3.63) is 58.9 Å². The van der Waals surface area contributed by atoms with Gasteiger partial charge in [-0.25, -0.2) is 4.98 Å². The highest BCUT2D eigenvalue weighted by Crippen LogP contribution is 2.26. The normalized spacial score (nSPS) is 11.4. The van der Waals surface area contributed by atoms with Crippen LogP contribution in [0.1, 0.15) is 11.3 Å². The van der Waals surface area contributed by atoms with E-state index in [1.165, 1.54) is 0 Å². The maximum Gasteiger partial charge on any atom is 0.309 e. The minimum atomic E-state index is -0.968. The van der Waals surface area contributed by atoms with Gasteiger partial charge in [0.05, 0.1) is 17.8 Å². The second-order valence-corrected chi connectivity index (χ2v) is 5.50. The number of imidazole rings is 1. The molecule has 2 heterocycles. The third-order valence-electron chi connectivity index (χ3n) is 3.21. The second kappa shape index (κ2) is 6.18. The van der Waals surface area contributed by atoms with Gasteiger partial charge in [-0.05, 0) is 42.8 Å². The van der Waals surface area contributed by atoms with Crippen LogP contribution in [-0.4, -0.2) is 20.5 Å². The van der Waals surface area contributed by atoms with E-state index < -0.39 is 5.97 Å². The molecule has 0 aliphatic carbocycles. The highest BCUT2D eigenvalue weighted by Gasteiger charge is 2.15. The molecular weight excluding hydrogens is 316 g/mol. The molecule has 7 heteroatoms. The van der Waals surface area contributed by atoms with Crippen molar-refractivity contribution in [1.82, 2.24) is 9.38 Å². The van der Waals surface area contributed by atoms with Gasteiger partial charge >= 0.3 is 5.97 Å². The monoisotopic (exact) mass is 328 g/mol. The summed E-state index contributed by atoms with van der Waals surface area (Å²) in [5.74, 6) is -0.563. The number of carbonyl (C=O) groups is 1. The fourth-order valence-electron chi connectivity index (χ4n) is 2.19. The Morgan fingerprint density at radius 2 is 2.13 bits per heavy atom. The molecule has 0 atom stereocenters. The molecule has 0 aliphatic rings. The van der Waals surface area contributed by atoms with Crippen molar-refractivity contribution in [3.63, 3.8) is 0 Å². The summed E-state index contributed by atoms with van der Waals surface area (Å²) in [6, 6.07) is 10.7. The van der Waals surface area contributed by atoms with Crippen LogP contribution < -0.4 is 0 Å². The summed E-state index contributed by atoms with van der Waals surface area (Å²) in [5.41, 5.74) is 2.62. The molecule has 0 saturated heterocycles. The number of pyridine rings is 1. The van der Waals surface area contributed by atoms with Crippen LogP contribution >= 0.6 is 11.6 Å². The number of fused-ring (bicyclic) bond motifs is 1. The summed E-state index contributed by atoms with van der Waals surface area (Å²) < 4.78 is 1.72. The Kier molecular flexibility index (Phi) is 4.08.